The van der Waals surface area contributed by atoms with Crippen molar-refractivity contribution in [3.8, 4) is 17.1 Å². The average Bonchev–Trinajstić information content (AvgIpc) is 2.77. The third-order valence-electron chi connectivity index (χ3n) is 4.15. The number of methoxy groups -OCH3 is 2. The monoisotopic (exact) mass is 457 g/mol. The number of anilines is 1. The highest BCUT2D eigenvalue weighted by Gasteiger charge is 2.26. The molecule has 0 aliphatic rings. The highest BCUT2D eigenvalue weighted by molar-refractivity contribution is 7.90. The van der Waals surface area contributed by atoms with Crippen LogP contribution in [0.4, 0.5) is 10.7 Å². The Morgan fingerprint density at radius 3 is 2.31 bits per heavy atom. The molecule has 0 atom stereocenters. The summed E-state index contributed by atoms with van der Waals surface area (Å²) in [4.78, 5) is 35.7. The highest BCUT2D eigenvalue weighted by Crippen LogP contribution is 2.26. The van der Waals surface area contributed by atoms with Crippen LogP contribution in [-0.4, -0.2) is 49.6 Å². The van der Waals surface area contributed by atoms with Crippen LogP contribution in [0.5, 0.6) is 6.01 Å². The molecular formula is C20H19N5O6S. The number of esters is 1. The third kappa shape index (κ3) is 5.16. The van der Waals surface area contributed by atoms with Gasteiger partial charge in [0, 0.05) is 0 Å². The molecule has 0 spiro atoms. The molecule has 0 radical (unpaired) electrons. The van der Waals surface area contributed by atoms with E-state index in [1.165, 1.54) is 19.2 Å². The molecule has 3 aromatic rings. The van der Waals surface area contributed by atoms with Gasteiger partial charge in [-0.3, -0.25) is 5.32 Å². The number of urea groups is 1. The fraction of sp³-hybridized carbons (Fsp3) is 0.150. The number of ether oxygens (including phenoxy) is 2. The highest BCUT2D eigenvalue weighted by atomic mass is 32.2. The Hall–Kier alpha value is -4.06. The van der Waals surface area contributed by atoms with Crippen LogP contribution in [-0.2, 0) is 14.8 Å². The second-order valence-electron chi connectivity index (χ2n) is 6.32. The minimum absolute atomic E-state index is 0.0563. The maximum atomic E-state index is 13.0. The molecule has 2 N–H and O–H groups in total. The van der Waals surface area contributed by atoms with Gasteiger partial charge in [0.2, 0.25) is 5.95 Å². The Morgan fingerprint density at radius 1 is 0.938 bits per heavy atom. The quantitative estimate of drug-likeness (QED) is 0.531. The molecule has 12 heteroatoms. The summed E-state index contributed by atoms with van der Waals surface area (Å²) in [6.45, 7) is 1.54. The van der Waals surface area contributed by atoms with Crippen molar-refractivity contribution in [2.45, 2.75) is 11.8 Å². The van der Waals surface area contributed by atoms with Gasteiger partial charge in [-0.15, -0.1) is 0 Å². The van der Waals surface area contributed by atoms with E-state index in [1.54, 1.807) is 37.3 Å². The van der Waals surface area contributed by atoms with E-state index in [0.717, 1.165) is 12.7 Å². The maximum absolute atomic E-state index is 13.0. The van der Waals surface area contributed by atoms with Crippen LogP contribution in [0, 0.1) is 6.92 Å². The molecule has 1 aromatic heterocycles. The van der Waals surface area contributed by atoms with E-state index in [9.17, 15) is 18.0 Å². The van der Waals surface area contributed by atoms with Crippen LogP contribution in [0.25, 0.3) is 11.1 Å². The molecule has 0 saturated heterocycles. The zero-order chi connectivity index (χ0) is 23.3. The van der Waals surface area contributed by atoms with Crippen molar-refractivity contribution < 1.29 is 27.5 Å². The van der Waals surface area contributed by atoms with Crippen molar-refractivity contribution in [2.75, 3.05) is 19.5 Å². The molecule has 0 saturated carbocycles. The molecule has 2 aromatic carbocycles. The molecule has 1 heterocycles. The molecule has 32 heavy (non-hydrogen) atoms. The maximum Gasteiger partial charge on any atom is 0.339 e. The van der Waals surface area contributed by atoms with E-state index in [2.05, 4.69) is 25.0 Å². The lowest BCUT2D eigenvalue weighted by molar-refractivity contribution is 0.0596. The summed E-state index contributed by atoms with van der Waals surface area (Å²) in [7, 11) is -2.03. The minimum Gasteiger partial charge on any atom is -0.467 e. The first kappa shape index (κ1) is 22.6. The molecule has 3 rings (SSSR count). The van der Waals surface area contributed by atoms with Gasteiger partial charge in [-0.05, 0) is 30.2 Å². The lowest BCUT2D eigenvalue weighted by Gasteiger charge is -2.13. The number of hydrogen-bond donors (Lipinski definition) is 2. The average molecular weight is 457 g/mol. The van der Waals surface area contributed by atoms with Crippen molar-refractivity contribution >= 4 is 28.0 Å². The summed E-state index contributed by atoms with van der Waals surface area (Å²) in [6.07, 6.45) is 0. The van der Waals surface area contributed by atoms with E-state index in [1.807, 2.05) is 10.8 Å². The molecule has 0 aliphatic carbocycles. The number of rotatable bonds is 6. The number of amides is 2. The second kappa shape index (κ2) is 9.39. The number of hydrogen-bond acceptors (Lipinski definition) is 9. The van der Waals surface area contributed by atoms with Gasteiger partial charge in [0.25, 0.3) is 10.0 Å². The first-order valence-corrected chi connectivity index (χ1v) is 10.6. The number of carbonyl (C=O) groups is 2. The zero-order valence-corrected chi connectivity index (χ0v) is 18.1. The van der Waals surface area contributed by atoms with Crippen molar-refractivity contribution in [3.63, 3.8) is 0 Å². The summed E-state index contributed by atoms with van der Waals surface area (Å²) < 4.78 is 37.4. The normalized spacial score (nSPS) is 10.8. The van der Waals surface area contributed by atoms with Crippen LogP contribution in [0.3, 0.4) is 0 Å². The standard InChI is InChI=1S/C20H19N5O6S/c1-12-21-18(24-20(22-12)31-3)23-19(27)25-32(28,29)16-11-14(13-7-5-4-6-8-13)9-10-15(16)17(26)30-2/h4-11H,1-3H3,(H2,21,22,23,24,25,27). The van der Waals surface area contributed by atoms with E-state index in [4.69, 9.17) is 4.74 Å². The fourth-order valence-corrected chi connectivity index (χ4v) is 3.87. The molecular weight excluding hydrogens is 438 g/mol. The summed E-state index contributed by atoms with van der Waals surface area (Å²) in [5.74, 6) is -0.838. The van der Waals surface area contributed by atoms with Crippen LogP contribution < -0.4 is 14.8 Å². The van der Waals surface area contributed by atoms with Crippen molar-refractivity contribution in [1.29, 1.82) is 0 Å². The smallest absolute Gasteiger partial charge is 0.339 e. The molecule has 0 aliphatic heterocycles. The number of aryl methyl sites for hydroxylation is 1. The summed E-state index contributed by atoms with van der Waals surface area (Å²) in [5, 5.41) is 2.20. The van der Waals surface area contributed by atoms with Crippen LogP contribution in [0.15, 0.2) is 53.4 Å². The molecule has 0 unspecified atom stereocenters. The van der Waals surface area contributed by atoms with Gasteiger partial charge in [-0.25, -0.2) is 22.7 Å². The molecule has 0 fully saturated rings. The van der Waals surface area contributed by atoms with Gasteiger partial charge in [0.1, 0.15) is 10.7 Å². The first-order valence-electron chi connectivity index (χ1n) is 9.11. The predicted octanol–water partition coefficient (Wildman–Crippen LogP) is 2.15. The minimum atomic E-state index is -4.49. The predicted molar refractivity (Wildman–Crippen MR) is 114 cm³/mol. The Bertz CT molecular complexity index is 1260. The lowest BCUT2D eigenvalue weighted by Crippen LogP contribution is -2.35. The van der Waals surface area contributed by atoms with E-state index < -0.39 is 26.9 Å². The van der Waals surface area contributed by atoms with Crippen molar-refractivity contribution in [1.82, 2.24) is 19.7 Å². The van der Waals surface area contributed by atoms with Crippen molar-refractivity contribution in [3.05, 3.63) is 59.9 Å². The number of nitrogens with zero attached hydrogens (tertiary/aromatic N) is 3. The molecule has 11 nitrogen and oxygen atoms in total. The largest absolute Gasteiger partial charge is 0.467 e. The van der Waals surface area contributed by atoms with Gasteiger partial charge < -0.3 is 9.47 Å². The van der Waals surface area contributed by atoms with E-state index >= 15 is 0 Å². The Balaban J connectivity index is 1.94. The van der Waals surface area contributed by atoms with Crippen LogP contribution >= 0.6 is 0 Å². The number of aromatic nitrogens is 3. The van der Waals surface area contributed by atoms with Gasteiger partial charge >= 0.3 is 18.0 Å². The fourth-order valence-electron chi connectivity index (χ4n) is 2.74. The van der Waals surface area contributed by atoms with Gasteiger partial charge in [-0.2, -0.15) is 15.0 Å². The van der Waals surface area contributed by atoms with E-state index in [0.29, 0.717) is 5.56 Å². The van der Waals surface area contributed by atoms with Crippen LogP contribution in [0.1, 0.15) is 16.2 Å². The Labute approximate surface area is 183 Å². The van der Waals surface area contributed by atoms with E-state index in [-0.39, 0.29) is 23.3 Å². The zero-order valence-electron chi connectivity index (χ0n) is 17.3. The third-order valence-corrected chi connectivity index (χ3v) is 5.52. The Kier molecular flexibility index (Phi) is 6.64. The van der Waals surface area contributed by atoms with Gasteiger partial charge in [-0.1, -0.05) is 36.4 Å². The molecule has 2 amide bonds. The van der Waals surface area contributed by atoms with Crippen molar-refractivity contribution in [2.24, 2.45) is 0 Å². The topological polar surface area (TPSA) is 149 Å². The Morgan fingerprint density at radius 2 is 1.66 bits per heavy atom. The number of sulfonamides is 1. The number of benzene rings is 2. The number of carbonyl (C=O) groups excluding carboxylic acids is 2. The van der Waals surface area contributed by atoms with Gasteiger partial charge in [0.15, 0.2) is 0 Å². The first-order chi connectivity index (χ1) is 15.2. The summed E-state index contributed by atoms with van der Waals surface area (Å²) in [5.41, 5.74) is 1.01. The second-order valence-corrected chi connectivity index (χ2v) is 7.97. The van der Waals surface area contributed by atoms with Crippen LogP contribution in [0.2, 0.25) is 0 Å². The molecule has 166 valence electrons. The number of nitrogens with one attached hydrogen (secondary N) is 2. The SMILES string of the molecule is COC(=O)c1ccc(-c2ccccc2)cc1S(=O)(=O)NC(=O)Nc1nc(C)nc(OC)n1. The molecule has 0 bridgehead atoms. The summed E-state index contributed by atoms with van der Waals surface area (Å²) in [6, 6.07) is 11.9. The lowest BCUT2D eigenvalue weighted by atomic mass is 10.0. The van der Waals surface area contributed by atoms with Gasteiger partial charge in [0.05, 0.1) is 19.8 Å². The summed E-state index contributed by atoms with van der Waals surface area (Å²) >= 11 is 0.